The Labute approximate surface area is 111 Å². The Morgan fingerprint density at radius 1 is 1.16 bits per heavy atom. The third-order valence-electron chi connectivity index (χ3n) is 3.21. The lowest BCUT2D eigenvalue weighted by molar-refractivity contribution is 0.897. The van der Waals surface area contributed by atoms with Gasteiger partial charge in [-0.15, -0.1) is 0 Å². The molecule has 3 aromatic rings. The van der Waals surface area contributed by atoms with Crippen molar-refractivity contribution < 1.29 is 0 Å². The van der Waals surface area contributed by atoms with Crippen LogP contribution in [-0.2, 0) is 6.42 Å². The number of hydrogen-bond donors (Lipinski definition) is 1. The highest BCUT2D eigenvalue weighted by Crippen LogP contribution is 2.21. The molecule has 0 saturated carbocycles. The molecule has 0 radical (unpaired) electrons. The van der Waals surface area contributed by atoms with Gasteiger partial charge < -0.3 is 5.73 Å². The van der Waals surface area contributed by atoms with Crippen molar-refractivity contribution in [3.05, 3.63) is 47.7 Å². The minimum absolute atomic E-state index is 0.611. The first-order valence-corrected chi connectivity index (χ1v) is 6.39. The van der Waals surface area contributed by atoms with Gasteiger partial charge in [0.2, 0.25) is 0 Å². The Bertz CT molecular complexity index is 726. The summed E-state index contributed by atoms with van der Waals surface area (Å²) in [7, 11) is 0. The second kappa shape index (κ2) is 4.39. The molecule has 1 aromatic carbocycles. The summed E-state index contributed by atoms with van der Waals surface area (Å²) in [5.41, 5.74) is 11.0. The fourth-order valence-electron chi connectivity index (χ4n) is 2.09. The topological polar surface area (TPSA) is 56.2 Å². The molecule has 2 heterocycles. The number of fused-ring (bicyclic) bond motifs is 1. The van der Waals surface area contributed by atoms with Crippen LogP contribution < -0.4 is 5.73 Å². The molecular weight excluding hydrogens is 236 g/mol. The molecule has 0 bridgehead atoms. The number of hydrogen-bond acceptors (Lipinski definition) is 3. The van der Waals surface area contributed by atoms with Crippen molar-refractivity contribution in [2.24, 2.45) is 0 Å². The van der Waals surface area contributed by atoms with Crippen molar-refractivity contribution >= 4 is 11.5 Å². The second-order valence-electron chi connectivity index (χ2n) is 4.69. The normalized spacial score (nSPS) is 11.1. The van der Waals surface area contributed by atoms with Crippen LogP contribution in [0.2, 0.25) is 0 Å². The molecule has 0 fully saturated rings. The number of rotatable bonds is 2. The molecule has 0 aliphatic heterocycles. The molecule has 0 atom stereocenters. The van der Waals surface area contributed by atoms with Crippen molar-refractivity contribution in [1.82, 2.24) is 14.6 Å². The van der Waals surface area contributed by atoms with E-state index >= 15 is 0 Å². The number of nitrogens with zero attached hydrogens (tertiary/aromatic N) is 3. The third-order valence-corrected chi connectivity index (χ3v) is 3.21. The predicted molar refractivity (Wildman–Crippen MR) is 77.0 cm³/mol. The second-order valence-corrected chi connectivity index (χ2v) is 4.69. The summed E-state index contributed by atoms with van der Waals surface area (Å²) in [5, 5.41) is 4.41. The molecule has 96 valence electrons. The first kappa shape index (κ1) is 11.7. The lowest BCUT2D eigenvalue weighted by Gasteiger charge is -2.04. The van der Waals surface area contributed by atoms with Gasteiger partial charge in [0.15, 0.2) is 5.65 Å². The SMILES string of the molecule is CCc1cc2nc(-c3ccc(C)cc3)cc(N)n2n1. The van der Waals surface area contributed by atoms with E-state index in [2.05, 4.69) is 48.2 Å². The molecule has 4 nitrogen and oxygen atoms in total. The quantitative estimate of drug-likeness (QED) is 0.763. The van der Waals surface area contributed by atoms with Gasteiger partial charge in [0.05, 0.1) is 11.4 Å². The molecule has 0 aliphatic carbocycles. The van der Waals surface area contributed by atoms with E-state index in [1.807, 2.05) is 12.1 Å². The van der Waals surface area contributed by atoms with Crippen LogP contribution in [0.3, 0.4) is 0 Å². The monoisotopic (exact) mass is 252 g/mol. The van der Waals surface area contributed by atoms with Crippen LogP contribution in [0.15, 0.2) is 36.4 Å². The molecular formula is C15H16N4. The van der Waals surface area contributed by atoms with Gasteiger partial charge >= 0.3 is 0 Å². The fourth-order valence-corrected chi connectivity index (χ4v) is 2.09. The van der Waals surface area contributed by atoms with E-state index in [-0.39, 0.29) is 0 Å². The maximum atomic E-state index is 6.05. The van der Waals surface area contributed by atoms with E-state index in [0.29, 0.717) is 5.82 Å². The number of nitrogen functional groups attached to an aromatic ring is 1. The first-order valence-electron chi connectivity index (χ1n) is 6.39. The van der Waals surface area contributed by atoms with Gasteiger partial charge in [0.25, 0.3) is 0 Å². The van der Waals surface area contributed by atoms with Crippen LogP contribution in [0, 0.1) is 6.92 Å². The van der Waals surface area contributed by atoms with Crippen LogP contribution >= 0.6 is 0 Å². The van der Waals surface area contributed by atoms with Crippen LogP contribution in [-0.4, -0.2) is 14.6 Å². The fraction of sp³-hybridized carbons (Fsp3) is 0.200. The minimum Gasteiger partial charge on any atom is -0.384 e. The van der Waals surface area contributed by atoms with Crippen molar-refractivity contribution in [3.63, 3.8) is 0 Å². The summed E-state index contributed by atoms with van der Waals surface area (Å²) in [4.78, 5) is 4.63. The summed E-state index contributed by atoms with van der Waals surface area (Å²) >= 11 is 0. The van der Waals surface area contributed by atoms with Crippen LogP contribution in [0.1, 0.15) is 18.2 Å². The maximum absolute atomic E-state index is 6.05. The zero-order chi connectivity index (χ0) is 13.4. The minimum atomic E-state index is 0.611. The lowest BCUT2D eigenvalue weighted by atomic mass is 10.1. The van der Waals surface area contributed by atoms with Crippen molar-refractivity contribution in [3.8, 4) is 11.3 Å². The molecule has 19 heavy (non-hydrogen) atoms. The molecule has 3 rings (SSSR count). The van der Waals surface area contributed by atoms with Gasteiger partial charge in [-0.1, -0.05) is 36.8 Å². The number of benzene rings is 1. The van der Waals surface area contributed by atoms with Gasteiger partial charge in [-0.2, -0.15) is 9.61 Å². The molecule has 0 amide bonds. The number of aromatic nitrogens is 3. The molecule has 0 spiro atoms. The molecule has 0 unspecified atom stereocenters. The molecule has 0 saturated heterocycles. The maximum Gasteiger partial charge on any atom is 0.158 e. The molecule has 0 aliphatic rings. The molecule has 2 N–H and O–H groups in total. The zero-order valence-corrected chi connectivity index (χ0v) is 11.1. The van der Waals surface area contributed by atoms with Gasteiger partial charge in [0.1, 0.15) is 5.82 Å². The van der Waals surface area contributed by atoms with E-state index in [1.165, 1.54) is 5.56 Å². The van der Waals surface area contributed by atoms with Gasteiger partial charge in [-0.3, -0.25) is 0 Å². The lowest BCUT2D eigenvalue weighted by Crippen LogP contribution is -2.01. The molecule has 4 heteroatoms. The van der Waals surface area contributed by atoms with Gasteiger partial charge in [-0.05, 0) is 13.3 Å². The van der Waals surface area contributed by atoms with Crippen molar-refractivity contribution in [2.75, 3.05) is 5.73 Å². The Balaban J connectivity index is 2.17. The highest BCUT2D eigenvalue weighted by atomic mass is 15.3. The van der Waals surface area contributed by atoms with Crippen LogP contribution in [0.5, 0.6) is 0 Å². The summed E-state index contributed by atoms with van der Waals surface area (Å²) in [5.74, 6) is 0.611. The van der Waals surface area contributed by atoms with E-state index in [1.54, 1.807) is 4.52 Å². The van der Waals surface area contributed by atoms with Crippen LogP contribution in [0.25, 0.3) is 16.9 Å². The van der Waals surface area contributed by atoms with Gasteiger partial charge in [-0.25, -0.2) is 4.98 Å². The summed E-state index contributed by atoms with van der Waals surface area (Å²) < 4.78 is 1.69. The van der Waals surface area contributed by atoms with E-state index in [0.717, 1.165) is 29.0 Å². The van der Waals surface area contributed by atoms with Crippen molar-refractivity contribution in [1.29, 1.82) is 0 Å². The predicted octanol–water partition coefficient (Wildman–Crippen LogP) is 2.85. The average molecular weight is 252 g/mol. The first-order chi connectivity index (χ1) is 9.17. The highest BCUT2D eigenvalue weighted by Gasteiger charge is 2.08. The van der Waals surface area contributed by atoms with E-state index < -0.39 is 0 Å². The standard InChI is InChI=1S/C15H16N4/c1-3-12-8-15-17-13(9-14(16)19(15)18-12)11-6-4-10(2)5-7-11/h4-9H,3,16H2,1-2H3. The Morgan fingerprint density at radius 2 is 1.89 bits per heavy atom. The highest BCUT2D eigenvalue weighted by molar-refractivity contribution is 5.66. The Kier molecular flexibility index (Phi) is 2.71. The van der Waals surface area contributed by atoms with Gasteiger partial charge in [0, 0.05) is 17.7 Å². The van der Waals surface area contributed by atoms with E-state index in [4.69, 9.17) is 5.73 Å². The average Bonchev–Trinajstić information content (AvgIpc) is 2.83. The number of anilines is 1. The van der Waals surface area contributed by atoms with Crippen molar-refractivity contribution in [2.45, 2.75) is 20.3 Å². The third kappa shape index (κ3) is 2.05. The zero-order valence-electron chi connectivity index (χ0n) is 11.1. The Hall–Kier alpha value is -2.36. The summed E-state index contributed by atoms with van der Waals surface area (Å²) in [6.07, 6.45) is 0.878. The van der Waals surface area contributed by atoms with E-state index in [9.17, 15) is 0 Å². The molecule has 2 aromatic heterocycles. The number of aryl methyl sites for hydroxylation is 2. The smallest absolute Gasteiger partial charge is 0.158 e. The largest absolute Gasteiger partial charge is 0.384 e. The number of nitrogens with two attached hydrogens (primary N) is 1. The summed E-state index contributed by atoms with van der Waals surface area (Å²) in [6.45, 7) is 4.14. The van der Waals surface area contributed by atoms with Crippen LogP contribution in [0.4, 0.5) is 5.82 Å². The Morgan fingerprint density at radius 3 is 2.58 bits per heavy atom. The summed E-state index contributed by atoms with van der Waals surface area (Å²) in [6, 6.07) is 12.1.